The molecular weight excluding hydrogens is 390 g/mol. The number of para-hydroxylation sites is 1. The Kier molecular flexibility index (Phi) is 7.01. The van der Waals surface area contributed by atoms with Crippen LogP contribution in [0.4, 0.5) is 17.1 Å². The summed E-state index contributed by atoms with van der Waals surface area (Å²) in [4.78, 5) is 25.0. The molecule has 1 atom stereocenters. The van der Waals surface area contributed by atoms with Gasteiger partial charge in [-0.15, -0.1) is 0 Å². The summed E-state index contributed by atoms with van der Waals surface area (Å²) in [5.74, 6) is -0.524. The van der Waals surface area contributed by atoms with E-state index in [4.69, 9.17) is 9.47 Å². The van der Waals surface area contributed by atoms with Gasteiger partial charge in [-0.25, -0.2) is 9.59 Å². The zero-order valence-electron chi connectivity index (χ0n) is 17.2. The van der Waals surface area contributed by atoms with Crippen molar-refractivity contribution >= 4 is 29.0 Å². The quantitative estimate of drug-likeness (QED) is 0.256. The van der Waals surface area contributed by atoms with E-state index in [9.17, 15) is 9.59 Å². The van der Waals surface area contributed by atoms with Crippen molar-refractivity contribution in [1.82, 2.24) is 0 Å². The van der Waals surface area contributed by atoms with Gasteiger partial charge in [0.05, 0.1) is 0 Å². The summed E-state index contributed by atoms with van der Waals surface area (Å²) in [6.07, 6.45) is 1.89. The highest BCUT2D eigenvalue weighted by atomic mass is 16.5. The number of carbonyl (C=O) groups excluding carboxylic acids is 2. The molecule has 0 N–H and O–H groups in total. The van der Waals surface area contributed by atoms with Crippen LogP contribution >= 0.6 is 0 Å². The fourth-order valence-electron chi connectivity index (χ4n) is 3.03. The van der Waals surface area contributed by atoms with Crippen molar-refractivity contribution in [3.8, 4) is 5.75 Å². The van der Waals surface area contributed by atoms with Crippen molar-refractivity contribution < 1.29 is 19.1 Å². The standard InChI is InChI=1S/C26H23NO4/c1-4-25(28)30-19(3)20-11-13-22(14-12-20)27(21-9-7-6-8-10-21)23-15-17-24(18-16-23)31-26(29)5-2/h4-19H,1-2H2,3H3. The Morgan fingerprint density at radius 3 is 1.84 bits per heavy atom. The lowest BCUT2D eigenvalue weighted by Gasteiger charge is -2.26. The molecule has 31 heavy (non-hydrogen) atoms. The number of rotatable bonds is 8. The smallest absolute Gasteiger partial charge is 0.335 e. The third kappa shape index (κ3) is 5.48. The Labute approximate surface area is 181 Å². The Bertz CT molecular complexity index is 1060. The van der Waals surface area contributed by atoms with E-state index in [0.29, 0.717) is 5.75 Å². The van der Waals surface area contributed by atoms with Gasteiger partial charge in [0.25, 0.3) is 0 Å². The second kappa shape index (κ2) is 10.1. The lowest BCUT2D eigenvalue weighted by Crippen LogP contribution is -2.11. The Morgan fingerprint density at radius 1 is 0.774 bits per heavy atom. The summed E-state index contributed by atoms with van der Waals surface area (Å²) in [5, 5.41) is 0. The van der Waals surface area contributed by atoms with E-state index in [1.807, 2.05) is 73.7 Å². The zero-order chi connectivity index (χ0) is 22.2. The zero-order valence-corrected chi connectivity index (χ0v) is 17.2. The van der Waals surface area contributed by atoms with Crippen LogP contribution < -0.4 is 9.64 Å². The molecule has 0 aromatic heterocycles. The van der Waals surface area contributed by atoms with E-state index in [1.54, 1.807) is 12.1 Å². The van der Waals surface area contributed by atoms with Crippen LogP contribution in [0.1, 0.15) is 18.6 Å². The first kappa shape index (κ1) is 21.6. The van der Waals surface area contributed by atoms with Crippen LogP contribution in [-0.2, 0) is 14.3 Å². The van der Waals surface area contributed by atoms with Gasteiger partial charge in [0, 0.05) is 29.2 Å². The highest BCUT2D eigenvalue weighted by Gasteiger charge is 2.15. The third-order valence-corrected chi connectivity index (χ3v) is 4.57. The number of nitrogens with zero attached hydrogens (tertiary/aromatic N) is 1. The third-order valence-electron chi connectivity index (χ3n) is 4.57. The van der Waals surface area contributed by atoms with Crippen LogP contribution in [-0.4, -0.2) is 11.9 Å². The molecule has 0 spiro atoms. The molecule has 0 aliphatic carbocycles. The minimum absolute atomic E-state index is 0.386. The van der Waals surface area contributed by atoms with Crippen LogP contribution in [0.25, 0.3) is 0 Å². The summed E-state index contributed by atoms with van der Waals surface area (Å²) >= 11 is 0. The first-order valence-electron chi connectivity index (χ1n) is 9.74. The van der Waals surface area contributed by atoms with Crippen LogP contribution in [0.5, 0.6) is 5.75 Å². The molecule has 5 nitrogen and oxygen atoms in total. The molecule has 156 valence electrons. The van der Waals surface area contributed by atoms with Crippen molar-refractivity contribution in [2.75, 3.05) is 4.90 Å². The number of benzene rings is 3. The van der Waals surface area contributed by atoms with E-state index in [0.717, 1.165) is 34.8 Å². The van der Waals surface area contributed by atoms with Gasteiger partial charge in [0.2, 0.25) is 0 Å². The van der Waals surface area contributed by atoms with Gasteiger partial charge in [0.15, 0.2) is 0 Å². The number of anilines is 3. The Morgan fingerprint density at radius 2 is 1.29 bits per heavy atom. The van der Waals surface area contributed by atoms with E-state index >= 15 is 0 Å². The molecule has 0 bridgehead atoms. The molecular formula is C26H23NO4. The van der Waals surface area contributed by atoms with Gasteiger partial charge in [0.1, 0.15) is 11.9 Å². The number of esters is 2. The van der Waals surface area contributed by atoms with Crippen LogP contribution in [0.3, 0.4) is 0 Å². The summed E-state index contributed by atoms with van der Waals surface area (Å²) in [6, 6.07) is 24.9. The van der Waals surface area contributed by atoms with E-state index in [1.165, 1.54) is 0 Å². The molecule has 0 aliphatic rings. The van der Waals surface area contributed by atoms with E-state index in [2.05, 4.69) is 18.1 Å². The number of carbonyl (C=O) groups is 2. The van der Waals surface area contributed by atoms with Crippen molar-refractivity contribution in [2.24, 2.45) is 0 Å². The molecule has 1 unspecified atom stereocenters. The van der Waals surface area contributed by atoms with Crippen molar-refractivity contribution in [2.45, 2.75) is 13.0 Å². The predicted octanol–water partition coefficient (Wildman–Crippen LogP) is 6.04. The summed E-state index contributed by atoms with van der Waals surface area (Å²) in [5.41, 5.74) is 3.66. The Balaban J connectivity index is 1.92. The van der Waals surface area contributed by atoms with Crippen molar-refractivity contribution in [3.05, 3.63) is 110 Å². The lowest BCUT2D eigenvalue weighted by atomic mass is 10.1. The minimum atomic E-state index is -0.505. The van der Waals surface area contributed by atoms with Crippen LogP contribution in [0, 0.1) is 0 Å². The number of hydrogen-bond acceptors (Lipinski definition) is 5. The summed E-state index contributed by atoms with van der Waals surface area (Å²) in [6.45, 7) is 8.65. The van der Waals surface area contributed by atoms with Crippen LogP contribution in [0.15, 0.2) is 104 Å². The maximum atomic E-state index is 11.5. The molecule has 5 heteroatoms. The van der Waals surface area contributed by atoms with Crippen molar-refractivity contribution in [3.63, 3.8) is 0 Å². The van der Waals surface area contributed by atoms with Crippen LogP contribution in [0.2, 0.25) is 0 Å². The predicted molar refractivity (Wildman–Crippen MR) is 122 cm³/mol. The Hall–Kier alpha value is -4.12. The number of ether oxygens (including phenoxy) is 2. The SMILES string of the molecule is C=CC(=O)Oc1ccc(N(c2ccccc2)c2ccc(C(C)OC(=O)C=C)cc2)cc1. The molecule has 3 rings (SSSR count). The van der Waals surface area contributed by atoms with Crippen molar-refractivity contribution in [1.29, 1.82) is 0 Å². The maximum absolute atomic E-state index is 11.5. The molecule has 0 heterocycles. The topological polar surface area (TPSA) is 55.8 Å². The van der Waals surface area contributed by atoms with E-state index in [-0.39, 0.29) is 6.10 Å². The van der Waals surface area contributed by atoms with Gasteiger partial charge < -0.3 is 14.4 Å². The summed E-state index contributed by atoms with van der Waals surface area (Å²) < 4.78 is 10.5. The van der Waals surface area contributed by atoms with Gasteiger partial charge >= 0.3 is 11.9 Å². The highest BCUT2D eigenvalue weighted by Crippen LogP contribution is 2.35. The van der Waals surface area contributed by atoms with E-state index < -0.39 is 11.9 Å². The minimum Gasteiger partial charge on any atom is -0.455 e. The second-order valence-electron chi connectivity index (χ2n) is 6.66. The molecule has 0 saturated carbocycles. The first-order chi connectivity index (χ1) is 15.0. The largest absolute Gasteiger partial charge is 0.455 e. The second-order valence-corrected chi connectivity index (χ2v) is 6.66. The van der Waals surface area contributed by atoms with Gasteiger partial charge in [-0.05, 0) is 61.0 Å². The van der Waals surface area contributed by atoms with Gasteiger partial charge in [-0.2, -0.15) is 0 Å². The fraction of sp³-hybridized carbons (Fsp3) is 0.0769. The maximum Gasteiger partial charge on any atom is 0.335 e. The highest BCUT2D eigenvalue weighted by molar-refractivity contribution is 5.84. The molecule has 3 aromatic rings. The lowest BCUT2D eigenvalue weighted by molar-refractivity contribution is -0.142. The summed E-state index contributed by atoms with van der Waals surface area (Å²) in [7, 11) is 0. The normalized spacial score (nSPS) is 11.1. The molecule has 0 fully saturated rings. The van der Waals surface area contributed by atoms with Gasteiger partial charge in [-0.1, -0.05) is 43.5 Å². The van der Waals surface area contributed by atoms with Gasteiger partial charge in [-0.3, -0.25) is 0 Å². The number of hydrogen-bond donors (Lipinski definition) is 0. The molecule has 3 aromatic carbocycles. The molecule has 0 saturated heterocycles. The molecule has 0 aliphatic heterocycles. The fourth-order valence-corrected chi connectivity index (χ4v) is 3.03. The first-order valence-corrected chi connectivity index (χ1v) is 9.74. The monoisotopic (exact) mass is 413 g/mol. The average Bonchev–Trinajstić information content (AvgIpc) is 2.81. The molecule has 0 amide bonds. The molecule has 0 radical (unpaired) electrons. The average molecular weight is 413 g/mol.